The standard InChI is InChI=1S/C30H36N2O2/c1-21(2)31-30(34)28(18-25-12-7-6-8-13-25)32(20-27-14-10-9-11-24(27)5)29(33)19-26-16-22(3)15-23(4)17-26/h6-17,21,28H,18-20H2,1-5H3,(H,31,34)/t28-/m0/s1. The topological polar surface area (TPSA) is 49.4 Å². The maximum atomic E-state index is 13.8. The smallest absolute Gasteiger partial charge is 0.243 e. The summed E-state index contributed by atoms with van der Waals surface area (Å²) >= 11 is 0. The van der Waals surface area contributed by atoms with Gasteiger partial charge in [-0.25, -0.2) is 0 Å². The molecule has 4 heteroatoms. The summed E-state index contributed by atoms with van der Waals surface area (Å²) in [4.78, 5) is 29.0. The van der Waals surface area contributed by atoms with Crippen molar-refractivity contribution in [2.75, 3.05) is 0 Å². The second-order valence-corrected chi connectivity index (χ2v) is 9.49. The van der Waals surface area contributed by atoms with Gasteiger partial charge in [0.15, 0.2) is 0 Å². The van der Waals surface area contributed by atoms with Gasteiger partial charge in [0.25, 0.3) is 0 Å². The first-order valence-corrected chi connectivity index (χ1v) is 12.0. The van der Waals surface area contributed by atoms with Crippen LogP contribution in [0, 0.1) is 20.8 Å². The lowest BCUT2D eigenvalue weighted by atomic mass is 9.99. The highest BCUT2D eigenvalue weighted by Gasteiger charge is 2.31. The largest absolute Gasteiger partial charge is 0.352 e. The first kappa shape index (κ1) is 25.2. The number of hydrogen-bond acceptors (Lipinski definition) is 2. The molecule has 0 aromatic heterocycles. The van der Waals surface area contributed by atoms with Crippen molar-refractivity contribution in [2.45, 2.75) is 66.1 Å². The summed E-state index contributed by atoms with van der Waals surface area (Å²) in [5, 5.41) is 3.05. The maximum absolute atomic E-state index is 13.8. The Labute approximate surface area is 204 Å². The zero-order valence-corrected chi connectivity index (χ0v) is 21.0. The quantitative estimate of drug-likeness (QED) is 0.474. The van der Waals surface area contributed by atoms with E-state index in [4.69, 9.17) is 0 Å². The molecule has 1 N–H and O–H groups in total. The molecule has 3 rings (SSSR count). The SMILES string of the molecule is Cc1cc(C)cc(CC(=O)N(Cc2ccccc2C)[C@@H](Cc2ccccc2)C(=O)NC(C)C)c1. The lowest BCUT2D eigenvalue weighted by Crippen LogP contribution is -2.52. The van der Waals surface area contributed by atoms with E-state index in [1.807, 2.05) is 89.2 Å². The van der Waals surface area contributed by atoms with Gasteiger partial charge < -0.3 is 10.2 Å². The summed E-state index contributed by atoms with van der Waals surface area (Å²) in [5.41, 5.74) is 6.42. The highest BCUT2D eigenvalue weighted by atomic mass is 16.2. The monoisotopic (exact) mass is 456 g/mol. The zero-order chi connectivity index (χ0) is 24.7. The van der Waals surface area contributed by atoms with Crippen molar-refractivity contribution in [3.63, 3.8) is 0 Å². The number of benzene rings is 3. The Hall–Kier alpha value is -3.40. The van der Waals surface area contributed by atoms with Crippen molar-refractivity contribution >= 4 is 11.8 Å². The molecular weight excluding hydrogens is 420 g/mol. The molecule has 34 heavy (non-hydrogen) atoms. The summed E-state index contributed by atoms with van der Waals surface area (Å²) in [5.74, 6) is -0.172. The summed E-state index contributed by atoms with van der Waals surface area (Å²) in [6.45, 7) is 10.4. The van der Waals surface area contributed by atoms with Crippen molar-refractivity contribution < 1.29 is 9.59 Å². The number of carbonyl (C=O) groups excluding carboxylic acids is 2. The van der Waals surface area contributed by atoms with Crippen molar-refractivity contribution in [2.24, 2.45) is 0 Å². The van der Waals surface area contributed by atoms with Crippen LogP contribution in [0.3, 0.4) is 0 Å². The summed E-state index contributed by atoms with van der Waals surface area (Å²) in [6.07, 6.45) is 0.721. The Morgan fingerprint density at radius 2 is 1.44 bits per heavy atom. The number of rotatable bonds is 9. The van der Waals surface area contributed by atoms with E-state index in [0.717, 1.165) is 33.4 Å². The molecule has 0 aliphatic carbocycles. The van der Waals surface area contributed by atoms with E-state index in [-0.39, 0.29) is 24.3 Å². The number of nitrogens with zero attached hydrogens (tertiary/aromatic N) is 1. The van der Waals surface area contributed by atoms with Gasteiger partial charge in [0.1, 0.15) is 6.04 Å². The minimum atomic E-state index is -0.609. The molecule has 0 bridgehead atoms. The third-order valence-corrected chi connectivity index (χ3v) is 5.94. The summed E-state index contributed by atoms with van der Waals surface area (Å²) in [6, 6.07) is 23.6. The second kappa shape index (κ2) is 11.6. The van der Waals surface area contributed by atoms with Crippen LogP contribution in [-0.4, -0.2) is 28.8 Å². The Bertz CT molecular complexity index is 1100. The van der Waals surface area contributed by atoms with Gasteiger partial charge in [0.05, 0.1) is 6.42 Å². The molecule has 0 spiro atoms. The lowest BCUT2D eigenvalue weighted by molar-refractivity contribution is -0.141. The average molecular weight is 457 g/mol. The van der Waals surface area contributed by atoms with Gasteiger partial charge in [-0.15, -0.1) is 0 Å². The first-order valence-electron chi connectivity index (χ1n) is 12.0. The number of aryl methyl sites for hydroxylation is 3. The third kappa shape index (κ3) is 7.05. The van der Waals surface area contributed by atoms with Gasteiger partial charge in [-0.1, -0.05) is 83.9 Å². The maximum Gasteiger partial charge on any atom is 0.243 e. The lowest BCUT2D eigenvalue weighted by Gasteiger charge is -2.32. The normalized spacial score (nSPS) is 11.8. The average Bonchev–Trinajstić information content (AvgIpc) is 2.76. The molecule has 2 amide bonds. The number of amides is 2. The highest BCUT2D eigenvalue weighted by molar-refractivity contribution is 5.89. The van der Waals surface area contributed by atoms with Crippen LogP contribution in [0.4, 0.5) is 0 Å². The number of nitrogens with one attached hydrogen (secondary N) is 1. The fraction of sp³-hybridized carbons (Fsp3) is 0.333. The van der Waals surface area contributed by atoms with Crippen LogP contribution in [0.5, 0.6) is 0 Å². The van der Waals surface area contributed by atoms with Crippen LogP contribution < -0.4 is 5.32 Å². The predicted octanol–water partition coefficient (Wildman–Crippen LogP) is 5.32. The molecule has 0 fully saturated rings. The fourth-order valence-electron chi connectivity index (χ4n) is 4.35. The van der Waals surface area contributed by atoms with Gasteiger partial charge in [0.2, 0.25) is 11.8 Å². The molecule has 4 nitrogen and oxygen atoms in total. The van der Waals surface area contributed by atoms with Gasteiger partial charge in [-0.3, -0.25) is 9.59 Å². The Kier molecular flexibility index (Phi) is 8.64. The second-order valence-electron chi connectivity index (χ2n) is 9.49. The van der Waals surface area contributed by atoms with Crippen LogP contribution in [0.1, 0.15) is 47.2 Å². The molecule has 3 aromatic rings. The predicted molar refractivity (Wildman–Crippen MR) is 139 cm³/mol. The fourth-order valence-corrected chi connectivity index (χ4v) is 4.35. The van der Waals surface area contributed by atoms with E-state index >= 15 is 0 Å². The van der Waals surface area contributed by atoms with Crippen LogP contribution in [0.2, 0.25) is 0 Å². The molecule has 1 atom stereocenters. The molecule has 0 saturated carbocycles. The van der Waals surface area contributed by atoms with E-state index < -0.39 is 6.04 Å². The van der Waals surface area contributed by atoms with Gasteiger partial charge in [-0.2, -0.15) is 0 Å². The summed E-state index contributed by atoms with van der Waals surface area (Å²) in [7, 11) is 0. The van der Waals surface area contributed by atoms with Gasteiger partial charge in [-0.05, 0) is 56.9 Å². The molecular formula is C30H36N2O2. The van der Waals surface area contributed by atoms with Crippen LogP contribution >= 0.6 is 0 Å². The highest BCUT2D eigenvalue weighted by Crippen LogP contribution is 2.19. The van der Waals surface area contributed by atoms with Crippen molar-refractivity contribution in [1.82, 2.24) is 10.2 Å². The van der Waals surface area contributed by atoms with Crippen LogP contribution in [0.15, 0.2) is 72.8 Å². The van der Waals surface area contributed by atoms with E-state index in [2.05, 4.69) is 23.5 Å². The van der Waals surface area contributed by atoms with E-state index in [1.54, 1.807) is 4.90 Å². The Morgan fingerprint density at radius 3 is 2.06 bits per heavy atom. The van der Waals surface area contributed by atoms with Gasteiger partial charge >= 0.3 is 0 Å². The van der Waals surface area contributed by atoms with Crippen molar-refractivity contribution in [3.05, 3.63) is 106 Å². The Balaban J connectivity index is 2.00. The van der Waals surface area contributed by atoms with E-state index in [1.165, 1.54) is 0 Å². The Morgan fingerprint density at radius 1 is 0.824 bits per heavy atom. The molecule has 0 aliphatic rings. The molecule has 0 aliphatic heterocycles. The van der Waals surface area contributed by atoms with Crippen LogP contribution in [-0.2, 0) is 29.0 Å². The van der Waals surface area contributed by atoms with Crippen molar-refractivity contribution in [1.29, 1.82) is 0 Å². The summed E-state index contributed by atoms with van der Waals surface area (Å²) < 4.78 is 0. The molecule has 0 heterocycles. The van der Waals surface area contributed by atoms with Gasteiger partial charge in [0, 0.05) is 19.0 Å². The molecule has 0 unspecified atom stereocenters. The molecule has 178 valence electrons. The number of carbonyl (C=O) groups is 2. The molecule has 3 aromatic carbocycles. The molecule has 0 radical (unpaired) electrons. The van der Waals surface area contributed by atoms with E-state index in [9.17, 15) is 9.59 Å². The van der Waals surface area contributed by atoms with Crippen molar-refractivity contribution in [3.8, 4) is 0 Å². The molecule has 0 saturated heterocycles. The third-order valence-electron chi connectivity index (χ3n) is 5.94. The zero-order valence-electron chi connectivity index (χ0n) is 21.0. The minimum Gasteiger partial charge on any atom is -0.352 e. The first-order chi connectivity index (χ1) is 16.2. The minimum absolute atomic E-state index is 0.0133. The van der Waals surface area contributed by atoms with E-state index in [0.29, 0.717) is 13.0 Å². The van der Waals surface area contributed by atoms with Crippen LogP contribution in [0.25, 0.3) is 0 Å². The number of hydrogen-bond donors (Lipinski definition) is 1.